The summed E-state index contributed by atoms with van der Waals surface area (Å²) >= 11 is 16.5. The van der Waals surface area contributed by atoms with Crippen molar-refractivity contribution in [3.8, 4) is 0 Å². The number of rotatable bonds is 1. The van der Waals surface area contributed by atoms with Crippen molar-refractivity contribution in [3.05, 3.63) is 32.3 Å². The predicted molar refractivity (Wildman–Crippen MR) is 52.4 cm³/mol. The maximum absolute atomic E-state index is 12.4. The minimum absolute atomic E-state index is 0.0173. The minimum Gasteiger partial charge on any atom is -0.392 e. The normalized spacial score (nSPS) is 11.9. The second-order valence-electron chi connectivity index (χ2n) is 2.67. The Balaban J connectivity index is 3.48. The third-order valence-electron chi connectivity index (χ3n) is 1.72. The molecule has 1 aromatic carbocycles. The number of hydrogen-bond acceptors (Lipinski definition) is 1. The van der Waals surface area contributed by atoms with Crippen LogP contribution >= 0.6 is 34.8 Å². The second kappa shape index (κ2) is 4.37. The summed E-state index contributed by atoms with van der Waals surface area (Å²) in [5.74, 6) is 0. The summed E-state index contributed by atoms with van der Waals surface area (Å²) in [6.07, 6.45) is -4.63. The van der Waals surface area contributed by atoms with Crippen LogP contribution in [0.5, 0.6) is 0 Å². The highest BCUT2D eigenvalue weighted by atomic mass is 35.5. The summed E-state index contributed by atoms with van der Waals surface area (Å²) in [5, 5.41) is 7.51. The lowest BCUT2D eigenvalue weighted by Crippen LogP contribution is -2.07. The molecule has 1 rings (SSSR count). The first-order valence-electron chi connectivity index (χ1n) is 3.63. The van der Waals surface area contributed by atoms with Crippen molar-refractivity contribution in [3.63, 3.8) is 0 Å². The number of aliphatic hydroxyl groups excluding tert-OH is 1. The molecule has 84 valence electrons. The van der Waals surface area contributed by atoms with Gasteiger partial charge in [0.1, 0.15) is 0 Å². The molecule has 0 aliphatic carbocycles. The molecule has 0 radical (unpaired) electrons. The van der Waals surface area contributed by atoms with Gasteiger partial charge in [-0.1, -0.05) is 34.8 Å². The van der Waals surface area contributed by atoms with E-state index in [1.54, 1.807) is 0 Å². The van der Waals surface area contributed by atoms with Gasteiger partial charge in [-0.25, -0.2) is 0 Å². The molecule has 1 nitrogen and oxygen atoms in total. The SMILES string of the molecule is OCc1c(Cl)cc(C(F)(F)F)c(Cl)c1Cl. The lowest BCUT2D eigenvalue weighted by molar-refractivity contribution is -0.137. The van der Waals surface area contributed by atoms with Gasteiger partial charge in [-0.05, 0) is 6.07 Å². The Kier molecular flexibility index (Phi) is 3.76. The van der Waals surface area contributed by atoms with Gasteiger partial charge in [0, 0.05) is 10.6 Å². The van der Waals surface area contributed by atoms with E-state index in [9.17, 15) is 13.2 Å². The molecule has 0 saturated carbocycles. The van der Waals surface area contributed by atoms with Gasteiger partial charge in [0.25, 0.3) is 0 Å². The van der Waals surface area contributed by atoms with E-state index in [0.717, 1.165) is 0 Å². The van der Waals surface area contributed by atoms with Gasteiger partial charge in [-0.15, -0.1) is 0 Å². The van der Waals surface area contributed by atoms with Crippen molar-refractivity contribution in [2.75, 3.05) is 0 Å². The number of hydrogen-bond donors (Lipinski definition) is 1. The Labute approximate surface area is 98.4 Å². The lowest BCUT2D eigenvalue weighted by atomic mass is 10.1. The summed E-state index contributed by atoms with van der Waals surface area (Å²) in [4.78, 5) is 0. The summed E-state index contributed by atoms with van der Waals surface area (Å²) < 4.78 is 37.1. The van der Waals surface area contributed by atoms with E-state index in [1.165, 1.54) is 0 Å². The fraction of sp³-hybridized carbons (Fsp3) is 0.250. The molecule has 0 spiro atoms. The number of halogens is 6. The highest BCUT2D eigenvalue weighted by Crippen LogP contribution is 2.42. The van der Waals surface area contributed by atoms with Crippen molar-refractivity contribution in [2.24, 2.45) is 0 Å². The van der Waals surface area contributed by atoms with Crippen LogP contribution in [0.3, 0.4) is 0 Å². The molecule has 0 aromatic heterocycles. The van der Waals surface area contributed by atoms with Crippen LogP contribution in [0.1, 0.15) is 11.1 Å². The fourth-order valence-corrected chi connectivity index (χ4v) is 1.83. The molecule has 0 heterocycles. The number of alkyl halides is 3. The average molecular weight is 279 g/mol. The molecule has 0 unspecified atom stereocenters. The molecule has 0 fully saturated rings. The lowest BCUT2D eigenvalue weighted by Gasteiger charge is -2.13. The number of aliphatic hydroxyl groups is 1. The van der Waals surface area contributed by atoms with Crippen molar-refractivity contribution < 1.29 is 18.3 Å². The monoisotopic (exact) mass is 278 g/mol. The molecule has 0 bridgehead atoms. The molecule has 0 aliphatic heterocycles. The van der Waals surface area contributed by atoms with Crippen molar-refractivity contribution in [1.29, 1.82) is 0 Å². The topological polar surface area (TPSA) is 20.2 Å². The molecular weight excluding hydrogens is 275 g/mol. The van der Waals surface area contributed by atoms with Crippen molar-refractivity contribution in [1.82, 2.24) is 0 Å². The molecule has 15 heavy (non-hydrogen) atoms. The molecule has 0 saturated heterocycles. The molecule has 0 aliphatic rings. The highest BCUT2D eigenvalue weighted by molar-refractivity contribution is 6.44. The van der Waals surface area contributed by atoms with Crippen LogP contribution in [-0.4, -0.2) is 5.11 Å². The highest BCUT2D eigenvalue weighted by Gasteiger charge is 2.35. The van der Waals surface area contributed by atoms with Crippen LogP contribution in [-0.2, 0) is 12.8 Å². The zero-order valence-electron chi connectivity index (χ0n) is 7.00. The van der Waals surface area contributed by atoms with Crippen LogP contribution in [0.15, 0.2) is 6.07 Å². The van der Waals surface area contributed by atoms with E-state index >= 15 is 0 Å². The van der Waals surface area contributed by atoms with E-state index in [4.69, 9.17) is 39.9 Å². The maximum atomic E-state index is 12.4. The third kappa shape index (κ3) is 2.50. The van der Waals surface area contributed by atoms with Crippen molar-refractivity contribution >= 4 is 34.8 Å². The van der Waals surface area contributed by atoms with Crippen LogP contribution in [0.4, 0.5) is 13.2 Å². The van der Waals surface area contributed by atoms with E-state index in [2.05, 4.69) is 0 Å². The van der Waals surface area contributed by atoms with Gasteiger partial charge in [0.15, 0.2) is 0 Å². The zero-order valence-corrected chi connectivity index (χ0v) is 9.27. The Morgan fingerprint density at radius 2 is 1.67 bits per heavy atom. The summed E-state index contributed by atoms with van der Waals surface area (Å²) in [5.41, 5.74) is -1.13. The zero-order chi connectivity index (χ0) is 11.8. The van der Waals surface area contributed by atoms with Gasteiger partial charge >= 0.3 is 6.18 Å². The Morgan fingerprint density at radius 1 is 1.13 bits per heavy atom. The standard InChI is InChI=1S/C8H4Cl3F3O/c9-5-1-4(8(12,13)14)7(11)6(10)3(5)2-15/h1,15H,2H2. The van der Waals surface area contributed by atoms with Crippen LogP contribution in [0.25, 0.3) is 0 Å². The number of benzene rings is 1. The summed E-state index contributed by atoms with van der Waals surface area (Å²) in [6, 6.07) is 0.640. The summed E-state index contributed by atoms with van der Waals surface area (Å²) in [6.45, 7) is -0.574. The van der Waals surface area contributed by atoms with Gasteiger partial charge < -0.3 is 5.11 Å². The molecule has 1 N–H and O–H groups in total. The van der Waals surface area contributed by atoms with Crippen molar-refractivity contribution in [2.45, 2.75) is 12.8 Å². The van der Waals surface area contributed by atoms with Crippen LogP contribution in [0, 0.1) is 0 Å². The summed E-state index contributed by atoms with van der Waals surface area (Å²) in [7, 11) is 0. The van der Waals surface area contributed by atoms with Crippen LogP contribution in [0.2, 0.25) is 15.1 Å². The van der Waals surface area contributed by atoms with Gasteiger partial charge in [-0.3, -0.25) is 0 Å². The largest absolute Gasteiger partial charge is 0.417 e. The average Bonchev–Trinajstić information content (AvgIpc) is 2.10. The van der Waals surface area contributed by atoms with Gasteiger partial charge in [-0.2, -0.15) is 13.2 Å². The van der Waals surface area contributed by atoms with E-state index in [-0.39, 0.29) is 15.6 Å². The molecule has 1 aromatic rings. The second-order valence-corrected chi connectivity index (χ2v) is 3.83. The smallest absolute Gasteiger partial charge is 0.392 e. The molecule has 0 atom stereocenters. The van der Waals surface area contributed by atoms with Gasteiger partial charge in [0.2, 0.25) is 0 Å². The van der Waals surface area contributed by atoms with Gasteiger partial charge in [0.05, 0.1) is 22.2 Å². The Morgan fingerprint density at radius 3 is 2.07 bits per heavy atom. The van der Waals surface area contributed by atoms with E-state index < -0.39 is 23.4 Å². The first-order valence-corrected chi connectivity index (χ1v) is 4.76. The Hall–Kier alpha value is -0.160. The maximum Gasteiger partial charge on any atom is 0.417 e. The molecule has 7 heteroatoms. The molecule has 0 amide bonds. The quantitative estimate of drug-likeness (QED) is 0.765. The van der Waals surface area contributed by atoms with E-state index in [0.29, 0.717) is 6.07 Å². The Bertz CT molecular complexity index is 390. The molecular formula is C8H4Cl3F3O. The van der Waals surface area contributed by atoms with E-state index in [1.807, 2.05) is 0 Å². The first kappa shape index (κ1) is 12.9. The van der Waals surface area contributed by atoms with Crippen LogP contribution < -0.4 is 0 Å². The fourth-order valence-electron chi connectivity index (χ4n) is 0.984. The predicted octanol–water partition coefficient (Wildman–Crippen LogP) is 4.16. The first-order chi connectivity index (χ1) is 6.79. The minimum atomic E-state index is -4.63. The third-order valence-corrected chi connectivity index (χ3v) is 2.96.